The molecule has 0 fully saturated rings. The standard InChI is InChI=1S/C12H14BrNOS/c1-9-2-4-11(16-9)8-14-7-6-10-3-5-12(13)15-10/h2-5,14H,6-8H2,1H3. The molecule has 2 aromatic heterocycles. The van der Waals surface area contributed by atoms with Crippen LogP contribution in [0.15, 0.2) is 33.4 Å². The van der Waals surface area contributed by atoms with Gasteiger partial charge in [-0.1, -0.05) is 0 Å². The van der Waals surface area contributed by atoms with E-state index in [1.807, 2.05) is 23.5 Å². The monoisotopic (exact) mass is 299 g/mol. The summed E-state index contributed by atoms with van der Waals surface area (Å²) in [4.78, 5) is 2.75. The summed E-state index contributed by atoms with van der Waals surface area (Å²) in [7, 11) is 0. The Morgan fingerprint density at radius 2 is 2.19 bits per heavy atom. The van der Waals surface area contributed by atoms with E-state index in [0.29, 0.717) is 0 Å². The summed E-state index contributed by atoms with van der Waals surface area (Å²) in [5, 5.41) is 3.41. The highest BCUT2D eigenvalue weighted by Gasteiger charge is 1.99. The van der Waals surface area contributed by atoms with Crippen molar-refractivity contribution in [3.8, 4) is 0 Å². The molecule has 0 aliphatic carbocycles. The molecule has 0 saturated carbocycles. The van der Waals surface area contributed by atoms with Crippen molar-refractivity contribution in [2.45, 2.75) is 19.9 Å². The zero-order valence-corrected chi connectivity index (χ0v) is 11.5. The second-order valence-electron chi connectivity index (χ2n) is 3.64. The molecule has 0 saturated heterocycles. The van der Waals surface area contributed by atoms with Crippen LogP contribution in [0, 0.1) is 6.92 Å². The fraction of sp³-hybridized carbons (Fsp3) is 0.333. The molecule has 16 heavy (non-hydrogen) atoms. The van der Waals surface area contributed by atoms with Crippen molar-refractivity contribution in [1.82, 2.24) is 5.32 Å². The topological polar surface area (TPSA) is 25.2 Å². The fourth-order valence-electron chi connectivity index (χ4n) is 1.49. The van der Waals surface area contributed by atoms with E-state index >= 15 is 0 Å². The van der Waals surface area contributed by atoms with Crippen molar-refractivity contribution in [1.29, 1.82) is 0 Å². The molecule has 4 heteroatoms. The third-order valence-corrected chi connectivity index (χ3v) is 3.70. The molecule has 1 N–H and O–H groups in total. The summed E-state index contributed by atoms with van der Waals surface area (Å²) in [5.41, 5.74) is 0. The Labute approximate surface area is 108 Å². The van der Waals surface area contributed by atoms with E-state index < -0.39 is 0 Å². The Morgan fingerprint density at radius 1 is 1.31 bits per heavy atom. The maximum Gasteiger partial charge on any atom is 0.169 e. The van der Waals surface area contributed by atoms with Crippen LogP contribution in [0.2, 0.25) is 0 Å². The average Bonchev–Trinajstić information content (AvgIpc) is 2.83. The number of nitrogens with one attached hydrogen (secondary N) is 1. The van der Waals surface area contributed by atoms with Crippen LogP contribution in [0.5, 0.6) is 0 Å². The van der Waals surface area contributed by atoms with Gasteiger partial charge in [0.15, 0.2) is 4.67 Å². The first-order chi connectivity index (χ1) is 7.74. The number of rotatable bonds is 5. The normalized spacial score (nSPS) is 10.9. The van der Waals surface area contributed by atoms with Gasteiger partial charge in [0.25, 0.3) is 0 Å². The molecule has 0 amide bonds. The maximum absolute atomic E-state index is 5.42. The van der Waals surface area contributed by atoms with Crippen LogP contribution in [0.3, 0.4) is 0 Å². The first kappa shape index (κ1) is 11.9. The minimum atomic E-state index is 0.802. The van der Waals surface area contributed by atoms with Crippen LogP contribution in [0.25, 0.3) is 0 Å². The Morgan fingerprint density at radius 3 is 2.81 bits per heavy atom. The summed E-state index contributed by atoms with van der Waals surface area (Å²) in [5.74, 6) is 1.02. The van der Waals surface area contributed by atoms with E-state index in [2.05, 4.69) is 40.3 Å². The number of halogens is 1. The summed E-state index contributed by atoms with van der Waals surface area (Å²) in [6.07, 6.45) is 0.927. The Kier molecular flexibility index (Phi) is 4.21. The first-order valence-electron chi connectivity index (χ1n) is 5.24. The van der Waals surface area contributed by atoms with Gasteiger partial charge in [0.05, 0.1) is 0 Å². The van der Waals surface area contributed by atoms with Crippen molar-refractivity contribution in [3.63, 3.8) is 0 Å². The SMILES string of the molecule is Cc1ccc(CNCCc2ccc(Br)o2)s1. The van der Waals surface area contributed by atoms with Gasteiger partial charge in [-0.15, -0.1) is 11.3 Å². The summed E-state index contributed by atoms with van der Waals surface area (Å²) >= 11 is 5.14. The zero-order chi connectivity index (χ0) is 11.4. The van der Waals surface area contributed by atoms with Crippen LogP contribution >= 0.6 is 27.3 Å². The Bertz CT molecular complexity index is 407. The van der Waals surface area contributed by atoms with E-state index in [9.17, 15) is 0 Å². The molecule has 0 radical (unpaired) electrons. The van der Waals surface area contributed by atoms with Crippen LogP contribution in [0.4, 0.5) is 0 Å². The van der Waals surface area contributed by atoms with Gasteiger partial charge in [-0.05, 0) is 47.1 Å². The van der Waals surface area contributed by atoms with Crippen LogP contribution < -0.4 is 5.32 Å². The van der Waals surface area contributed by atoms with E-state index in [-0.39, 0.29) is 0 Å². The summed E-state index contributed by atoms with van der Waals surface area (Å²) < 4.78 is 6.22. The molecule has 2 heterocycles. The summed E-state index contributed by atoms with van der Waals surface area (Å²) in [6.45, 7) is 4.02. The largest absolute Gasteiger partial charge is 0.454 e. The lowest BCUT2D eigenvalue weighted by atomic mass is 10.3. The van der Waals surface area contributed by atoms with Gasteiger partial charge in [-0.2, -0.15) is 0 Å². The van der Waals surface area contributed by atoms with Gasteiger partial charge in [0.1, 0.15) is 5.76 Å². The molecule has 0 unspecified atom stereocenters. The highest BCUT2D eigenvalue weighted by molar-refractivity contribution is 9.10. The van der Waals surface area contributed by atoms with Crippen molar-refractivity contribution in [2.75, 3.05) is 6.54 Å². The average molecular weight is 300 g/mol. The second-order valence-corrected chi connectivity index (χ2v) is 5.80. The van der Waals surface area contributed by atoms with Crippen molar-refractivity contribution in [2.24, 2.45) is 0 Å². The van der Waals surface area contributed by atoms with Crippen molar-refractivity contribution >= 4 is 27.3 Å². The third-order valence-electron chi connectivity index (χ3n) is 2.27. The molecule has 2 rings (SSSR count). The highest BCUT2D eigenvalue weighted by atomic mass is 79.9. The van der Waals surface area contributed by atoms with Crippen molar-refractivity contribution < 1.29 is 4.42 Å². The minimum Gasteiger partial charge on any atom is -0.454 e. The molecule has 0 spiro atoms. The molecule has 86 valence electrons. The molecule has 0 aliphatic rings. The van der Waals surface area contributed by atoms with Crippen molar-refractivity contribution in [3.05, 3.63) is 44.4 Å². The van der Waals surface area contributed by atoms with E-state index in [0.717, 1.165) is 29.9 Å². The number of hydrogen-bond acceptors (Lipinski definition) is 3. The number of aryl methyl sites for hydroxylation is 1. The highest BCUT2D eigenvalue weighted by Crippen LogP contribution is 2.15. The predicted molar refractivity (Wildman–Crippen MR) is 70.9 cm³/mol. The van der Waals surface area contributed by atoms with Gasteiger partial charge in [-0.25, -0.2) is 0 Å². The van der Waals surface area contributed by atoms with Gasteiger partial charge in [0.2, 0.25) is 0 Å². The zero-order valence-electron chi connectivity index (χ0n) is 9.13. The minimum absolute atomic E-state index is 0.802. The van der Waals surface area contributed by atoms with Gasteiger partial charge in [-0.3, -0.25) is 0 Å². The molecule has 0 aliphatic heterocycles. The molecule has 2 nitrogen and oxygen atoms in total. The first-order valence-corrected chi connectivity index (χ1v) is 6.85. The Hall–Kier alpha value is -0.580. The predicted octanol–water partition coefficient (Wildman–Crippen LogP) is 3.74. The molecular formula is C12H14BrNOS. The number of furan rings is 1. The quantitative estimate of drug-likeness (QED) is 0.851. The number of thiophene rings is 1. The fourth-order valence-corrected chi connectivity index (χ4v) is 2.69. The van der Waals surface area contributed by atoms with Crippen LogP contribution in [-0.2, 0) is 13.0 Å². The smallest absolute Gasteiger partial charge is 0.169 e. The molecule has 2 aromatic rings. The second kappa shape index (κ2) is 5.66. The van der Waals surface area contributed by atoms with Crippen LogP contribution in [-0.4, -0.2) is 6.54 Å². The Balaban J connectivity index is 1.69. The van der Waals surface area contributed by atoms with Gasteiger partial charge >= 0.3 is 0 Å². The molecule has 0 aromatic carbocycles. The lowest BCUT2D eigenvalue weighted by Crippen LogP contribution is -2.15. The lowest BCUT2D eigenvalue weighted by Gasteiger charge is -2.00. The third kappa shape index (κ3) is 3.47. The van der Waals surface area contributed by atoms with Crippen LogP contribution in [0.1, 0.15) is 15.5 Å². The van der Waals surface area contributed by atoms with E-state index in [4.69, 9.17) is 4.42 Å². The number of hydrogen-bond donors (Lipinski definition) is 1. The molecular weight excluding hydrogens is 286 g/mol. The lowest BCUT2D eigenvalue weighted by molar-refractivity contribution is 0.480. The van der Waals surface area contributed by atoms with E-state index in [1.165, 1.54) is 9.75 Å². The van der Waals surface area contributed by atoms with Gasteiger partial charge < -0.3 is 9.73 Å². The molecule has 0 bridgehead atoms. The summed E-state index contributed by atoms with van der Waals surface area (Å²) in [6, 6.07) is 8.26. The van der Waals surface area contributed by atoms with E-state index in [1.54, 1.807) is 0 Å². The molecule has 0 atom stereocenters. The van der Waals surface area contributed by atoms with Gasteiger partial charge in [0, 0.05) is 29.3 Å². The maximum atomic E-state index is 5.42.